The Bertz CT molecular complexity index is 1130. The van der Waals surface area contributed by atoms with Crippen molar-refractivity contribution in [1.82, 2.24) is 4.98 Å². The number of fused-ring (bicyclic) bond motifs is 2. The average Bonchev–Trinajstić information content (AvgIpc) is 3.01. The fourth-order valence-corrected chi connectivity index (χ4v) is 4.77. The molecule has 0 bridgehead atoms. The molecule has 0 radical (unpaired) electrons. The minimum absolute atomic E-state index is 0.0497. The molecule has 4 rings (SSSR count). The summed E-state index contributed by atoms with van der Waals surface area (Å²) in [5, 5.41) is 11.2. The molecule has 2 heterocycles. The maximum absolute atomic E-state index is 13.0. The van der Waals surface area contributed by atoms with Crippen molar-refractivity contribution >= 4 is 34.3 Å². The van der Waals surface area contributed by atoms with Crippen LogP contribution in [0.3, 0.4) is 0 Å². The van der Waals surface area contributed by atoms with Crippen molar-refractivity contribution < 1.29 is 4.79 Å². The second-order valence-electron chi connectivity index (χ2n) is 7.34. The predicted molar refractivity (Wildman–Crippen MR) is 114 cm³/mol. The van der Waals surface area contributed by atoms with Crippen LogP contribution in [0.5, 0.6) is 0 Å². The second kappa shape index (κ2) is 7.29. The van der Waals surface area contributed by atoms with Gasteiger partial charge in [-0.05, 0) is 62.1 Å². The number of anilines is 1. The van der Waals surface area contributed by atoms with E-state index in [1.54, 1.807) is 0 Å². The molecule has 5 heteroatoms. The normalized spacial score (nSPS) is 15.5. The lowest BCUT2D eigenvalue weighted by molar-refractivity contribution is -0.116. The fourth-order valence-electron chi connectivity index (χ4n) is 3.95. The molecule has 1 aromatic heterocycles. The van der Waals surface area contributed by atoms with Crippen LogP contribution in [0.25, 0.3) is 10.9 Å². The lowest BCUT2D eigenvalue weighted by Gasteiger charge is -2.22. The minimum Gasteiger partial charge on any atom is -0.308 e. The van der Waals surface area contributed by atoms with E-state index in [2.05, 4.69) is 25.1 Å². The summed E-state index contributed by atoms with van der Waals surface area (Å²) in [7, 11) is 0. The van der Waals surface area contributed by atoms with Crippen LogP contribution in [-0.2, 0) is 11.2 Å². The number of nitrogens with zero attached hydrogens (tertiary/aromatic N) is 3. The summed E-state index contributed by atoms with van der Waals surface area (Å²) in [4.78, 5) is 19.5. The van der Waals surface area contributed by atoms with Crippen LogP contribution in [0.15, 0.2) is 47.5 Å². The Labute approximate surface area is 169 Å². The number of para-hydroxylation sites is 1. The molecule has 0 fully saturated rings. The van der Waals surface area contributed by atoms with Crippen molar-refractivity contribution in [2.75, 3.05) is 10.7 Å². The lowest BCUT2D eigenvalue weighted by atomic mass is 10.1. The molecule has 0 aliphatic carbocycles. The highest BCUT2D eigenvalue weighted by Gasteiger charge is 2.30. The van der Waals surface area contributed by atoms with Gasteiger partial charge in [-0.1, -0.05) is 36.0 Å². The first-order valence-corrected chi connectivity index (χ1v) is 10.3. The number of carbonyl (C=O) groups excluding carboxylic acids is 1. The Balaban J connectivity index is 1.61. The van der Waals surface area contributed by atoms with Gasteiger partial charge in [0.05, 0.1) is 16.8 Å². The number of amides is 1. The Morgan fingerprint density at radius 2 is 2.07 bits per heavy atom. The maximum Gasteiger partial charge on any atom is 0.237 e. The van der Waals surface area contributed by atoms with Crippen LogP contribution >= 0.6 is 11.8 Å². The Morgan fingerprint density at radius 1 is 1.29 bits per heavy atom. The molecule has 0 saturated carbocycles. The van der Waals surface area contributed by atoms with Gasteiger partial charge in [-0.3, -0.25) is 4.79 Å². The number of benzene rings is 2. The largest absolute Gasteiger partial charge is 0.308 e. The van der Waals surface area contributed by atoms with Crippen LogP contribution in [0.2, 0.25) is 0 Å². The first-order chi connectivity index (χ1) is 13.5. The van der Waals surface area contributed by atoms with E-state index in [0.717, 1.165) is 34.1 Å². The quantitative estimate of drug-likeness (QED) is 0.606. The molecule has 1 amide bonds. The van der Waals surface area contributed by atoms with Crippen LogP contribution in [0, 0.1) is 25.2 Å². The summed E-state index contributed by atoms with van der Waals surface area (Å²) >= 11 is 1.35. The molecule has 4 nitrogen and oxygen atoms in total. The van der Waals surface area contributed by atoms with E-state index < -0.39 is 0 Å². The van der Waals surface area contributed by atoms with Crippen LogP contribution in [0.1, 0.15) is 29.2 Å². The van der Waals surface area contributed by atoms with E-state index in [1.807, 2.05) is 49.1 Å². The molecule has 0 unspecified atom stereocenters. The van der Waals surface area contributed by atoms with Gasteiger partial charge in [0, 0.05) is 17.1 Å². The third-order valence-corrected chi connectivity index (χ3v) is 6.16. The highest BCUT2D eigenvalue weighted by molar-refractivity contribution is 8.00. The second-order valence-corrected chi connectivity index (χ2v) is 8.30. The zero-order valence-corrected chi connectivity index (χ0v) is 17.0. The van der Waals surface area contributed by atoms with Gasteiger partial charge in [-0.15, -0.1) is 0 Å². The summed E-state index contributed by atoms with van der Waals surface area (Å²) in [5.74, 6) is 0.310. The Hall–Kier alpha value is -2.84. The van der Waals surface area contributed by atoms with Gasteiger partial charge in [0.15, 0.2) is 0 Å². The van der Waals surface area contributed by atoms with E-state index in [0.29, 0.717) is 10.6 Å². The summed E-state index contributed by atoms with van der Waals surface area (Å²) in [5.41, 5.74) is 5.84. The third-order valence-electron chi connectivity index (χ3n) is 5.18. The first kappa shape index (κ1) is 18.5. The van der Waals surface area contributed by atoms with Crippen molar-refractivity contribution in [1.29, 1.82) is 5.26 Å². The summed E-state index contributed by atoms with van der Waals surface area (Å²) in [6.45, 7) is 6.14. The van der Waals surface area contributed by atoms with Crippen molar-refractivity contribution in [3.63, 3.8) is 0 Å². The number of hydrogen-bond acceptors (Lipinski definition) is 4. The van der Waals surface area contributed by atoms with Crippen molar-refractivity contribution in [3.05, 3.63) is 64.7 Å². The van der Waals surface area contributed by atoms with Crippen molar-refractivity contribution in [3.8, 4) is 6.07 Å². The third kappa shape index (κ3) is 3.25. The van der Waals surface area contributed by atoms with Gasteiger partial charge in [-0.2, -0.15) is 5.26 Å². The molecule has 0 spiro atoms. The molecule has 1 atom stereocenters. The average molecular weight is 388 g/mol. The minimum atomic E-state index is 0.0497. The Kier molecular flexibility index (Phi) is 4.82. The molecule has 1 aliphatic heterocycles. The summed E-state index contributed by atoms with van der Waals surface area (Å²) < 4.78 is 0. The predicted octanol–water partition coefficient (Wildman–Crippen LogP) is 4.79. The monoisotopic (exact) mass is 387 g/mol. The number of rotatable bonds is 3. The SMILES string of the molecule is Cc1cc(C)c2cc(C#N)c(SCC(=O)N3c4ccccc4C[C@H]3C)nc2c1. The zero-order valence-electron chi connectivity index (χ0n) is 16.2. The molecule has 140 valence electrons. The highest BCUT2D eigenvalue weighted by Crippen LogP contribution is 2.33. The van der Waals surface area contributed by atoms with Gasteiger partial charge in [0.2, 0.25) is 5.91 Å². The van der Waals surface area contributed by atoms with Gasteiger partial charge < -0.3 is 4.90 Å². The lowest BCUT2D eigenvalue weighted by Crippen LogP contribution is -2.37. The van der Waals surface area contributed by atoms with Crippen molar-refractivity contribution in [2.24, 2.45) is 0 Å². The van der Waals surface area contributed by atoms with Gasteiger partial charge in [-0.25, -0.2) is 4.98 Å². The van der Waals surface area contributed by atoms with E-state index in [-0.39, 0.29) is 17.7 Å². The van der Waals surface area contributed by atoms with E-state index in [4.69, 9.17) is 4.98 Å². The van der Waals surface area contributed by atoms with Gasteiger partial charge in [0.1, 0.15) is 11.1 Å². The number of aryl methyl sites for hydroxylation is 2. The van der Waals surface area contributed by atoms with E-state index in [1.165, 1.54) is 17.3 Å². The molecule has 0 N–H and O–H groups in total. The fraction of sp³-hybridized carbons (Fsp3) is 0.261. The summed E-state index contributed by atoms with van der Waals surface area (Å²) in [6, 6.07) is 16.4. The van der Waals surface area contributed by atoms with Crippen LogP contribution < -0.4 is 4.90 Å². The number of thioether (sulfide) groups is 1. The van der Waals surface area contributed by atoms with Crippen LogP contribution in [0.4, 0.5) is 5.69 Å². The topological polar surface area (TPSA) is 57.0 Å². The number of nitriles is 1. The summed E-state index contributed by atoms with van der Waals surface area (Å²) in [6.07, 6.45) is 0.878. The highest BCUT2D eigenvalue weighted by atomic mass is 32.2. The number of carbonyl (C=O) groups is 1. The Morgan fingerprint density at radius 3 is 2.86 bits per heavy atom. The number of hydrogen-bond donors (Lipinski definition) is 0. The molecule has 1 aliphatic rings. The molecule has 28 heavy (non-hydrogen) atoms. The zero-order chi connectivity index (χ0) is 19.8. The number of aromatic nitrogens is 1. The standard InChI is InChI=1S/C23H21N3OS/c1-14-8-15(2)19-11-18(12-24)23(25-20(19)9-14)28-13-22(27)26-16(3)10-17-6-4-5-7-21(17)26/h4-9,11,16H,10,13H2,1-3H3/t16-/m1/s1. The smallest absolute Gasteiger partial charge is 0.237 e. The molecule has 2 aromatic carbocycles. The van der Waals surface area contributed by atoms with Crippen LogP contribution in [-0.4, -0.2) is 22.7 Å². The molecule has 3 aromatic rings. The van der Waals surface area contributed by atoms with Crippen molar-refractivity contribution in [2.45, 2.75) is 38.3 Å². The molecular formula is C23H21N3OS. The number of pyridine rings is 1. The van der Waals surface area contributed by atoms with Gasteiger partial charge in [0.25, 0.3) is 0 Å². The van der Waals surface area contributed by atoms with E-state index in [9.17, 15) is 10.1 Å². The maximum atomic E-state index is 13.0. The molecule has 0 saturated heterocycles. The first-order valence-electron chi connectivity index (χ1n) is 9.33. The van der Waals surface area contributed by atoms with Gasteiger partial charge >= 0.3 is 0 Å². The van der Waals surface area contributed by atoms with E-state index >= 15 is 0 Å². The molecular weight excluding hydrogens is 366 g/mol.